The third-order valence-electron chi connectivity index (χ3n) is 14.2. The largest absolute Gasteiger partial charge is 0.459 e. The van der Waals surface area contributed by atoms with Crippen molar-refractivity contribution in [3.63, 3.8) is 0 Å². The Balaban J connectivity index is 1.44. The molecule has 7 rings (SSSR count). The van der Waals surface area contributed by atoms with Crippen molar-refractivity contribution >= 4 is 12.3 Å². The quantitative estimate of drug-likeness (QED) is 0.296. The van der Waals surface area contributed by atoms with E-state index in [2.05, 4.69) is 47.6 Å². The van der Waals surface area contributed by atoms with Crippen LogP contribution in [0.3, 0.4) is 0 Å². The lowest BCUT2D eigenvalue weighted by Crippen LogP contribution is -2.73. The van der Waals surface area contributed by atoms with Gasteiger partial charge in [0.25, 0.3) is 0 Å². The minimum absolute atomic E-state index is 0.0372. The molecule has 5 aliphatic carbocycles. The molecule has 1 spiro atoms. The van der Waals surface area contributed by atoms with Crippen molar-refractivity contribution in [1.29, 1.82) is 0 Å². The van der Waals surface area contributed by atoms with Crippen molar-refractivity contribution in [2.75, 3.05) is 6.61 Å². The maximum absolute atomic E-state index is 13.0. The first-order chi connectivity index (χ1) is 17.7. The Morgan fingerprint density at radius 1 is 1.05 bits per heavy atom. The molecule has 0 unspecified atom stereocenters. The average molecular weight is 529 g/mol. The van der Waals surface area contributed by atoms with E-state index in [1.807, 2.05) is 0 Å². The first-order valence-electron chi connectivity index (χ1n) is 15.0. The van der Waals surface area contributed by atoms with Gasteiger partial charge in [-0.2, -0.15) is 0 Å². The lowest BCUT2D eigenvalue weighted by molar-refractivity contribution is -0.395. The highest BCUT2D eigenvalue weighted by Gasteiger charge is 2.75. The van der Waals surface area contributed by atoms with Crippen LogP contribution in [0.1, 0.15) is 93.4 Å². The zero-order valence-electron chi connectivity index (χ0n) is 24.4. The van der Waals surface area contributed by atoms with Crippen LogP contribution in [0.15, 0.2) is 11.6 Å². The number of esters is 1. The van der Waals surface area contributed by atoms with Crippen LogP contribution in [0, 0.1) is 56.7 Å². The SMILES string of the molecule is CC(=O)O[C@@H]1[C@@H](C)[C@H](C)[C@H]2C3=CC[C@@H]4[C@]56CC[C@](O)(OC5)C(C)(C)[C@@H]6CC[C@@]4(C)[C@]3(C)CC[C@@]2(C=O)[C@@H]1O. The third-order valence-corrected chi connectivity index (χ3v) is 14.2. The van der Waals surface area contributed by atoms with Crippen LogP contribution >= 0.6 is 0 Å². The summed E-state index contributed by atoms with van der Waals surface area (Å²) in [6.07, 6.45) is 8.06. The van der Waals surface area contributed by atoms with Crippen LogP contribution in [0.5, 0.6) is 0 Å². The van der Waals surface area contributed by atoms with Gasteiger partial charge in [0.2, 0.25) is 0 Å². The number of allylic oxidation sites excluding steroid dienone is 2. The summed E-state index contributed by atoms with van der Waals surface area (Å²) in [6, 6.07) is 0. The minimum atomic E-state index is -1.02. The number of carbonyl (C=O) groups is 2. The second kappa shape index (κ2) is 7.94. The van der Waals surface area contributed by atoms with Gasteiger partial charge in [0.1, 0.15) is 18.5 Å². The number of hydrogen-bond acceptors (Lipinski definition) is 6. The molecule has 38 heavy (non-hydrogen) atoms. The zero-order valence-corrected chi connectivity index (χ0v) is 24.4. The molecule has 6 heteroatoms. The Bertz CT molecular complexity index is 1070. The summed E-state index contributed by atoms with van der Waals surface area (Å²) in [5, 5.41) is 23.1. The molecule has 2 heterocycles. The second-order valence-electron chi connectivity index (χ2n) is 15.3. The first kappa shape index (κ1) is 27.0. The number of rotatable bonds is 2. The summed E-state index contributed by atoms with van der Waals surface area (Å²) in [5.74, 6) is -0.591. The first-order valence-corrected chi connectivity index (χ1v) is 15.0. The number of carbonyl (C=O) groups excluding carboxylic acids is 2. The summed E-state index contributed by atoms with van der Waals surface area (Å²) in [7, 11) is 0. The maximum Gasteiger partial charge on any atom is 0.303 e. The number of hydrogen-bond donors (Lipinski definition) is 2. The molecule has 2 bridgehead atoms. The van der Waals surface area contributed by atoms with Gasteiger partial charge >= 0.3 is 5.97 Å². The topological polar surface area (TPSA) is 93.1 Å². The minimum Gasteiger partial charge on any atom is -0.459 e. The van der Waals surface area contributed by atoms with Gasteiger partial charge in [0, 0.05) is 24.2 Å². The van der Waals surface area contributed by atoms with E-state index in [0.717, 1.165) is 38.4 Å². The number of fused-ring (bicyclic) bond motifs is 7. The normalized spacial score (nSPS) is 56.4. The van der Waals surface area contributed by atoms with E-state index in [1.54, 1.807) is 0 Å². The molecule has 0 aromatic rings. The molecular weight excluding hydrogens is 480 g/mol. The van der Waals surface area contributed by atoms with Crippen molar-refractivity contribution in [2.45, 2.75) is 111 Å². The Labute approximate surface area is 227 Å². The fourth-order valence-electron chi connectivity index (χ4n) is 11.6. The van der Waals surface area contributed by atoms with Crippen molar-refractivity contribution in [3.05, 3.63) is 11.6 Å². The van der Waals surface area contributed by atoms with Crippen molar-refractivity contribution in [2.24, 2.45) is 56.7 Å². The van der Waals surface area contributed by atoms with Gasteiger partial charge in [0.15, 0.2) is 5.79 Å². The number of ether oxygens (including phenoxy) is 2. The zero-order chi connectivity index (χ0) is 27.7. The molecule has 0 amide bonds. The van der Waals surface area contributed by atoms with Crippen LogP contribution in [0.25, 0.3) is 0 Å². The molecule has 6 fully saturated rings. The molecule has 0 radical (unpaired) electrons. The van der Waals surface area contributed by atoms with Gasteiger partial charge in [-0.25, -0.2) is 0 Å². The number of aldehydes is 1. The molecule has 4 saturated carbocycles. The van der Waals surface area contributed by atoms with Crippen molar-refractivity contribution < 1.29 is 29.3 Å². The van der Waals surface area contributed by atoms with E-state index in [9.17, 15) is 19.8 Å². The molecule has 212 valence electrons. The van der Waals surface area contributed by atoms with E-state index < -0.39 is 29.4 Å². The Morgan fingerprint density at radius 2 is 1.76 bits per heavy atom. The monoisotopic (exact) mass is 528 g/mol. The fraction of sp³-hybridized carbons (Fsp3) is 0.875. The van der Waals surface area contributed by atoms with Crippen LogP contribution < -0.4 is 0 Å². The Morgan fingerprint density at radius 3 is 2.37 bits per heavy atom. The highest BCUT2D eigenvalue weighted by Crippen LogP contribution is 2.77. The van der Waals surface area contributed by atoms with Crippen molar-refractivity contribution in [3.8, 4) is 0 Å². The smallest absolute Gasteiger partial charge is 0.303 e. The molecule has 2 N–H and O–H groups in total. The lowest BCUT2D eigenvalue weighted by Gasteiger charge is -2.75. The van der Waals surface area contributed by atoms with E-state index >= 15 is 0 Å². The summed E-state index contributed by atoms with van der Waals surface area (Å²) in [5.41, 5.74) is 0.134. The molecule has 6 nitrogen and oxygen atoms in total. The predicted molar refractivity (Wildman–Crippen MR) is 143 cm³/mol. The van der Waals surface area contributed by atoms with E-state index in [-0.39, 0.29) is 39.4 Å². The molecule has 12 atom stereocenters. The van der Waals surface area contributed by atoms with Gasteiger partial charge in [-0.15, -0.1) is 0 Å². The van der Waals surface area contributed by atoms with Crippen LogP contribution in [-0.4, -0.2) is 47.1 Å². The molecule has 2 saturated heterocycles. The highest BCUT2D eigenvalue weighted by molar-refractivity contribution is 5.68. The van der Waals surface area contributed by atoms with Crippen LogP contribution in [-0.2, 0) is 19.1 Å². The van der Waals surface area contributed by atoms with Gasteiger partial charge in [-0.3, -0.25) is 4.79 Å². The Hall–Kier alpha value is -1.24. The summed E-state index contributed by atoms with van der Waals surface area (Å²) < 4.78 is 12.0. The standard InChI is InChI=1S/C32H48O6/c1-18-19(2)25(38-20(3)34)26(35)30(16-33)13-12-28(6)21(24(18)30)8-9-23-29(28,7)11-10-22-27(4,5)32(36)15-14-31(22,23)17-37-32/h8,16,18-19,22-26,35-36H,9-15,17H2,1-7H3/t18-,19-,22-,23-,24-,25+,26+,28+,29+,30-,31+,32-/m0/s1. The maximum atomic E-state index is 13.0. The van der Waals surface area contributed by atoms with E-state index in [4.69, 9.17) is 9.47 Å². The number of aliphatic hydroxyl groups is 2. The summed E-state index contributed by atoms with van der Waals surface area (Å²) >= 11 is 0. The molecule has 0 aromatic heterocycles. The summed E-state index contributed by atoms with van der Waals surface area (Å²) in [6.45, 7) is 15.6. The third kappa shape index (κ3) is 2.86. The highest BCUT2D eigenvalue weighted by atomic mass is 16.6. The predicted octanol–water partition coefficient (Wildman–Crippen LogP) is 5.05. The lowest BCUT2D eigenvalue weighted by atomic mass is 9.32. The number of aliphatic hydroxyl groups excluding tert-OH is 1. The Kier molecular flexibility index (Phi) is 5.63. The van der Waals surface area contributed by atoms with Crippen molar-refractivity contribution in [1.82, 2.24) is 0 Å². The van der Waals surface area contributed by atoms with Gasteiger partial charge in [-0.1, -0.05) is 53.2 Å². The van der Waals surface area contributed by atoms with Gasteiger partial charge in [0.05, 0.1) is 12.0 Å². The average Bonchev–Trinajstić information content (AvgIpc) is 2.86. The van der Waals surface area contributed by atoms with Crippen LogP contribution in [0.2, 0.25) is 0 Å². The molecule has 0 aromatic carbocycles. The van der Waals surface area contributed by atoms with Gasteiger partial charge in [-0.05, 0) is 78.9 Å². The van der Waals surface area contributed by atoms with E-state index in [0.29, 0.717) is 31.3 Å². The van der Waals surface area contributed by atoms with Crippen LogP contribution in [0.4, 0.5) is 0 Å². The molecule has 2 aliphatic heterocycles. The fourth-order valence-corrected chi connectivity index (χ4v) is 11.6. The van der Waals surface area contributed by atoms with E-state index in [1.165, 1.54) is 12.5 Å². The van der Waals surface area contributed by atoms with Gasteiger partial charge < -0.3 is 24.5 Å². The summed E-state index contributed by atoms with van der Waals surface area (Å²) in [4.78, 5) is 24.9. The molecule has 7 aliphatic rings. The molecular formula is C32H48O6. The second-order valence-corrected chi connectivity index (χ2v) is 15.3.